The van der Waals surface area contributed by atoms with Gasteiger partial charge in [-0.15, -0.1) is 0 Å². The Hall–Kier alpha value is -1.04. The van der Waals surface area contributed by atoms with E-state index in [1.807, 2.05) is 19.1 Å². The molecule has 0 aliphatic rings. The number of benzene rings is 1. The number of rotatable bonds is 1. The molecule has 1 rings (SSSR count). The summed E-state index contributed by atoms with van der Waals surface area (Å²) in [4.78, 5) is 0. The highest BCUT2D eigenvalue weighted by molar-refractivity contribution is 5.48. The molecule has 0 bridgehead atoms. The monoisotopic (exact) mass is 136 g/mol. The molecule has 0 heterocycles. The van der Waals surface area contributed by atoms with Gasteiger partial charge in [0.25, 0.3) is 0 Å². The van der Waals surface area contributed by atoms with E-state index in [9.17, 15) is 0 Å². The van der Waals surface area contributed by atoms with E-state index < -0.39 is 6.85 Å². The Balaban J connectivity index is 2.95. The van der Waals surface area contributed by atoms with Crippen molar-refractivity contribution in [3.05, 3.63) is 41.5 Å². The number of hydrogen-bond acceptors (Lipinski definition) is 0. The fourth-order valence-electron chi connectivity index (χ4n) is 0.733. The molecule has 0 spiro atoms. The van der Waals surface area contributed by atoms with Gasteiger partial charge in [0.15, 0.2) is 0 Å². The SMILES string of the molecule is [2H]/C(=C/C([2H])([2H])[2H])c1ccc(C)cc1. The fraction of sp³-hybridized carbons (Fsp3) is 0.200. The summed E-state index contributed by atoms with van der Waals surface area (Å²) in [6.45, 7) is -0.233. The van der Waals surface area contributed by atoms with Crippen molar-refractivity contribution in [1.82, 2.24) is 0 Å². The van der Waals surface area contributed by atoms with E-state index >= 15 is 0 Å². The molecule has 1 aromatic rings. The molecule has 0 aromatic heterocycles. The Bertz CT molecular complexity index is 332. The molecule has 0 amide bonds. The molecule has 0 atom stereocenters. The highest BCUT2D eigenvalue weighted by Crippen LogP contribution is 2.04. The molecule has 0 aliphatic carbocycles. The van der Waals surface area contributed by atoms with Crippen LogP contribution in [0.1, 0.15) is 23.5 Å². The topological polar surface area (TPSA) is 0 Å². The minimum atomic E-state index is -2.18. The van der Waals surface area contributed by atoms with E-state index in [2.05, 4.69) is 0 Å². The normalized spacial score (nSPS) is 18.7. The van der Waals surface area contributed by atoms with Crippen LogP contribution in [0.3, 0.4) is 0 Å². The Kier molecular flexibility index (Phi) is 1.09. The van der Waals surface area contributed by atoms with E-state index in [1.54, 1.807) is 12.1 Å². The maximum atomic E-state index is 7.54. The predicted octanol–water partition coefficient (Wildman–Crippen LogP) is 3.03. The molecule has 0 unspecified atom stereocenters. The summed E-state index contributed by atoms with van der Waals surface area (Å²) in [6, 6.07) is 7.26. The van der Waals surface area contributed by atoms with Crippen LogP contribution in [-0.4, -0.2) is 0 Å². The van der Waals surface area contributed by atoms with Gasteiger partial charge in [-0.25, -0.2) is 0 Å². The second-order valence-electron chi connectivity index (χ2n) is 2.15. The first-order valence-corrected chi connectivity index (χ1v) is 3.15. The van der Waals surface area contributed by atoms with Crippen LogP contribution >= 0.6 is 0 Å². The molecule has 0 fully saturated rings. The molecular formula is C10H12. The largest absolute Gasteiger partial charge is 0.0871 e. The molecule has 1 aromatic carbocycles. The third kappa shape index (κ3) is 1.73. The van der Waals surface area contributed by atoms with Gasteiger partial charge in [0.1, 0.15) is 0 Å². The van der Waals surface area contributed by atoms with Gasteiger partial charge in [0.05, 0.1) is 1.37 Å². The quantitative estimate of drug-likeness (QED) is 0.556. The molecule has 10 heavy (non-hydrogen) atoms. The molecule has 52 valence electrons. The second kappa shape index (κ2) is 3.21. The summed E-state index contributed by atoms with van der Waals surface area (Å²) in [7, 11) is 0. The van der Waals surface area contributed by atoms with E-state index in [4.69, 9.17) is 5.48 Å². The van der Waals surface area contributed by atoms with Gasteiger partial charge < -0.3 is 0 Å². The Labute approximate surface area is 67.8 Å². The van der Waals surface area contributed by atoms with Crippen LogP contribution in [0.15, 0.2) is 30.3 Å². The first-order chi connectivity index (χ1) is 6.38. The smallest absolute Gasteiger partial charge is 0.0626 e. The van der Waals surface area contributed by atoms with Crippen LogP contribution in [0, 0.1) is 6.92 Å². The van der Waals surface area contributed by atoms with Crippen molar-refractivity contribution in [2.45, 2.75) is 13.8 Å². The lowest BCUT2D eigenvalue weighted by Crippen LogP contribution is -1.71. The second-order valence-corrected chi connectivity index (χ2v) is 2.15. The lowest BCUT2D eigenvalue weighted by Gasteiger charge is -1.92. The average Bonchev–Trinajstić information content (AvgIpc) is 2.02. The highest BCUT2D eigenvalue weighted by Gasteiger charge is 1.83. The Morgan fingerprint density at radius 1 is 1.40 bits per heavy atom. The molecule has 0 saturated heterocycles. The summed E-state index contributed by atoms with van der Waals surface area (Å²) in [5.41, 5.74) is 1.72. The summed E-state index contributed by atoms with van der Waals surface area (Å²) in [5, 5.41) is 0. The first-order valence-electron chi connectivity index (χ1n) is 5.15. The highest BCUT2D eigenvalue weighted by atomic mass is 13.9. The number of aryl methyl sites for hydroxylation is 1. The third-order valence-electron chi connectivity index (χ3n) is 1.29. The van der Waals surface area contributed by atoms with Crippen molar-refractivity contribution in [3.63, 3.8) is 0 Å². The molecule has 0 saturated carbocycles. The Morgan fingerprint density at radius 2 is 2.10 bits per heavy atom. The predicted molar refractivity (Wildman–Crippen MR) is 45.9 cm³/mol. The molecule has 0 heteroatoms. The zero-order valence-electron chi connectivity index (χ0n) is 9.89. The van der Waals surface area contributed by atoms with E-state index in [1.165, 1.54) is 0 Å². The summed E-state index contributed by atoms with van der Waals surface area (Å²) >= 11 is 0. The third-order valence-corrected chi connectivity index (χ3v) is 1.29. The van der Waals surface area contributed by atoms with Gasteiger partial charge in [-0.2, -0.15) is 0 Å². The number of allylic oxidation sites excluding steroid dienone is 1. The van der Waals surface area contributed by atoms with Gasteiger partial charge in [-0.05, 0) is 19.3 Å². The zero-order chi connectivity index (χ0) is 10.8. The maximum Gasteiger partial charge on any atom is 0.0626 e. The van der Waals surface area contributed by atoms with E-state index in [0.717, 1.165) is 11.6 Å². The fourth-order valence-corrected chi connectivity index (χ4v) is 0.733. The lowest BCUT2D eigenvalue weighted by atomic mass is 10.1. The van der Waals surface area contributed by atoms with Gasteiger partial charge >= 0.3 is 0 Å². The van der Waals surface area contributed by atoms with E-state index in [0.29, 0.717) is 5.56 Å². The van der Waals surface area contributed by atoms with Crippen molar-refractivity contribution < 1.29 is 5.48 Å². The van der Waals surface area contributed by atoms with Crippen LogP contribution in [0.2, 0.25) is 0 Å². The van der Waals surface area contributed by atoms with Crippen LogP contribution < -0.4 is 0 Å². The van der Waals surface area contributed by atoms with Gasteiger partial charge in [-0.1, -0.05) is 42.0 Å². The van der Waals surface area contributed by atoms with Gasteiger partial charge in [0.2, 0.25) is 0 Å². The summed E-state index contributed by atoms with van der Waals surface area (Å²) in [5.74, 6) is 0. The molecular weight excluding hydrogens is 120 g/mol. The zero-order valence-corrected chi connectivity index (χ0v) is 5.89. The lowest BCUT2D eigenvalue weighted by molar-refractivity contribution is 1.46. The van der Waals surface area contributed by atoms with Crippen LogP contribution in [-0.2, 0) is 0 Å². The molecule has 0 nitrogen and oxygen atoms in total. The van der Waals surface area contributed by atoms with Crippen molar-refractivity contribution >= 4 is 6.05 Å². The van der Waals surface area contributed by atoms with Crippen molar-refractivity contribution in [1.29, 1.82) is 0 Å². The van der Waals surface area contributed by atoms with Crippen LogP contribution in [0.25, 0.3) is 6.05 Å². The molecule has 0 N–H and O–H groups in total. The average molecular weight is 136 g/mol. The minimum Gasteiger partial charge on any atom is -0.0871 e. The summed E-state index contributed by atoms with van der Waals surface area (Å²) in [6.07, 6.45) is 0.984. The summed E-state index contributed by atoms with van der Waals surface area (Å²) < 4.78 is 28.5. The molecule has 0 aliphatic heterocycles. The molecule has 0 radical (unpaired) electrons. The van der Waals surface area contributed by atoms with Gasteiger partial charge in [-0.3, -0.25) is 0 Å². The standard InChI is InChI=1S/C10H12/c1-3-4-10-7-5-9(2)6-8-10/h3-8H,1-2H3/b4-3-/i1D3,4D. The van der Waals surface area contributed by atoms with Crippen LogP contribution in [0.5, 0.6) is 0 Å². The van der Waals surface area contributed by atoms with Crippen LogP contribution in [0.4, 0.5) is 0 Å². The maximum absolute atomic E-state index is 7.54. The number of hydrogen-bond donors (Lipinski definition) is 0. The van der Waals surface area contributed by atoms with Crippen molar-refractivity contribution in [2.24, 2.45) is 0 Å². The Morgan fingerprint density at radius 3 is 2.70 bits per heavy atom. The van der Waals surface area contributed by atoms with Gasteiger partial charge in [0, 0.05) is 4.11 Å². The minimum absolute atomic E-state index is 0.0463. The van der Waals surface area contributed by atoms with Crippen molar-refractivity contribution in [2.75, 3.05) is 0 Å². The van der Waals surface area contributed by atoms with Crippen molar-refractivity contribution in [3.8, 4) is 0 Å². The first kappa shape index (κ1) is 3.38. The van der Waals surface area contributed by atoms with E-state index in [-0.39, 0.29) is 6.05 Å².